The molecule has 0 atom stereocenters. The molecule has 0 fully saturated rings. The zero-order chi connectivity index (χ0) is 20.7. The lowest BCUT2D eigenvalue weighted by atomic mass is 10.2. The first-order chi connectivity index (χ1) is 13.2. The van der Waals surface area contributed by atoms with Crippen LogP contribution in [-0.4, -0.2) is 24.1 Å². The number of nitrogens with zero attached hydrogens (tertiary/aromatic N) is 1. The zero-order valence-corrected chi connectivity index (χ0v) is 17.6. The van der Waals surface area contributed by atoms with Gasteiger partial charge in [-0.3, -0.25) is 9.59 Å². The number of carbonyl (C=O) groups is 2. The third-order valence-electron chi connectivity index (χ3n) is 3.24. The van der Waals surface area contributed by atoms with E-state index in [4.69, 9.17) is 51.1 Å². The number of hydrazone groups is 1. The van der Waals surface area contributed by atoms with E-state index < -0.39 is 5.91 Å². The van der Waals surface area contributed by atoms with E-state index in [1.807, 2.05) is 0 Å². The van der Waals surface area contributed by atoms with E-state index >= 15 is 0 Å². The highest BCUT2D eigenvalue weighted by Crippen LogP contribution is 2.27. The highest BCUT2D eigenvalue weighted by Gasteiger charge is 2.09. The van der Waals surface area contributed by atoms with E-state index in [9.17, 15) is 9.59 Å². The number of hydrogen-bond donors (Lipinski definition) is 2. The highest BCUT2D eigenvalue weighted by molar-refractivity contribution is 6.42. The summed E-state index contributed by atoms with van der Waals surface area (Å²) < 4.78 is 5.29. The van der Waals surface area contributed by atoms with Crippen molar-refractivity contribution in [2.45, 2.75) is 13.3 Å². The van der Waals surface area contributed by atoms with Gasteiger partial charge in [0.25, 0.3) is 5.91 Å². The van der Waals surface area contributed by atoms with Crippen LogP contribution in [-0.2, 0) is 9.59 Å². The van der Waals surface area contributed by atoms with Crippen molar-refractivity contribution in [3.63, 3.8) is 0 Å². The van der Waals surface area contributed by atoms with Crippen LogP contribution in [0, 0.1) is 0 Å². The zero-order valence-electron chi connectivity index (χ0n) is 14.6. The maximum atomic E-state index is 12.0. The molecule has 2 N–H and O–H groups in total. The van der Waals surface area contributed by atoms with Gasteiger partial charge in [-0.25, -0.2) is 5.43 Å². The highest BCUT2D eigenvalue weighted by atomic mass is 35.5. The summed E-state index contributed by atoms with van der Waals surface area (Å²) in [7, 11) is 0. The topological polar surface area (TPSA) is 79.8 Å². The fourth-order valence-corrected chi connectivity index (χ4v) is 2.74. The smallest absolute Gasteiger partial charge is 0.277 e. The number of anilines is 1. The van der Waals surface area contributed by atoms with Gasteiger partial charge in [0.15, 0.2) is 6.61 Å². The number of halogens is 4. The van der Waals surface area contributed by atoms with Gasteiger partial charge in [0, 0.05) is 16.4 Å². The van der Waals surface area contributed by atoms with Gasteiger partial charge in [-0.1, -0.05) is 46.4 Å². The summed E-state index contributed by atoms with van der Waals surface area (Å²) in [5.74, 6) is -0.503. The minimum Gasteiger partial charge on any atom is -0.482 e. The fourth-order valence-electron chi connectivity index (χ4n) is 1.98. The van der Waals surface area contributed by atoms with Crippen LogP contribution in [0.4, 0.5) is 5.69 Å². The third-order valence-corrected chi connectivity index (χ3v) is 4.51. The first kappa shape index (κ1) is 22.3. The van der Waals surface area contributed by atoms with Crippen LogP contribution < -0.4 is 15.5 Å². The largest absolute Gasteiger partial charge is 0.482 e. The van der Waals surface area contributed by atoms with Crippen LogP contribution in [0.5, 0.6) is 5.75 Å². The predicted octanol–water partition coefficient (Wildman–Crippen LogP) is 5.20. The number of hydrogen-bond acceptors (Lipinski definition) is 4. The molecule has 0 saturated carbocycles. The van der Waals surface area contributed by atoms with Crippen LogP contribution in [0.15, 0.2) is 41.5 Å². The molecule has 0 radical (unpaired) electrons. The minimum absolute atomic E-state index is 0.0234. The molecule has 0 aromatic heterocycles. The second kappa shape index (κ2) is 10.5. The van der Waals surface area contributed by atoms with Gasteiger partial charge >= 0.3 is 0 Å². The Morgan fingerprint density at radius 3 is 2.39 bits per heavy atom. The lowest BCUT2D eigenvalue weighted by molar-refractivity contribution is -0.123. The van der Waals surface area contributed by atoms with Gasteiger partial charge in [-0.2, -0.15) is 5.10 Å². The molecule has 10 heteroatoms. The standard InChI is InChI=1S/C18H15Cl4N3O3/c1-10(6-17(26)23-12-3-4-13(20)14(21)8-12)24-25-18(27)9-28-16-5-2-11(19)7-15(16)22/h2-5,7-8H,6,9H2,1H3,(H,23,26)(H,25,27). The molecule has 0 aliphatic carbocycles. The number of carbonyl (C=O) groups excluding carboxylic acids is 2. The maximum Gasteiger partial charge on any atom is 0.277 e. The lowest BCUT2D eigenvalue weighted by Crippen LogP contribution is -2.26. The molecular weight excluding hydrogens is 448 g/mol. The molecule has 0 aliphatic rings. The Morgan fingerprint density at radius 1 is 0.964 bits per heavy atom. The van der Waals surface area contributed by atoms with Crippen LogP contribution in [0.25, 0.3) is 0 Å². The number of amides is 2. The first-order valence-corrected chi connectivity index (χ1v) is 9.40. The summed E-state index contributed by atoms with van der Waals surface area (Å²) in [6, 6.07) is 9.39. The van der Waals surface area contributed by atoms with Crippen molar-refractivity contribution < 1.29 is 14.3 Å². The van der Waals surface area contributed by atoms with Gasteiger partial charge < -0.3 is 10.1 Å². The van der Waals surface area contributed by atoms with E-state index in [1.165, 1.54) is 12.1 Å². The molecule has 0 heterocycles. The summed E-state index contributed by atoms with van der Waals surface area (Å²) in [5.41, 5.74) is 3.21. The van der Waals surface area contributed by atoms with Gasteiger partial charge in [0.05, 0.1) is 21.5 Å². The summed E-state index contributed by atoms with van der Waals surface area (Å²) >= 11 is 23.5. The van der Waals surface area contributed by atoms with Gasteiger partial charge in [-0.05, 0) is 43.3 Å². The third kappa shape index (κ3) is 7.20. The summed E-state index contributed by atoms with van der Waals surface area (Å²) in [4.78, 5) is 23.8. The average Bonchev–Trinajstić information content (AvgIpc) is 2.62. The average molecular weight is 463 g/mol. The predicted molar refractivity (Wildman–Crippen MR) is 113 cm³/mol. The normalized spacial score (nSPS) is 11.1. The Morgan fingerprint density at radius 2 is 1.71 bits per heavy atom. The number of ether oxygens (including phenoxy) is 1. The molecule has 28 heavy (non-hydrogen) atoms. The van der Waals surface area contributed by atoms with Crippen molar-refractivity contribution in [2.24, 2.45) is 5.10 Å². The number of rotatable bonds is 7. The summed E-state index contributed by atoms with van der Waals surface area (Å²) in [6.45, 7) is 1.30. The van der Waals surface area contributed by atoms with Crippen molar-refractivity contribution in [1.82, 2.24) is 5.43 Å². The molecule has 2 aromatic carbocycles. The lowest BCUT2D eigenvalue weighted by Gasteiger charge is -2.08. The SMILES string of the molecule is CC(CC(=O)Nc1ccc(Cl)c(Cl)c1)=NNC(=O)COc1ccc(Cl)cc1Cl. The molecule has 6 nitrogen and oxygen atoms in total. The van der Waals surface area contributed by atoms with Crippen molar-refractivity contribution in [3.8, 4) is 5.75 Å². The van der Waals surface area contributed by atoms with E-state index in [0.29, 0.717) is 37.2 Å². The van der Waals surface area contributed by atoms with Crippen molar-refractivity contribution in [3.05, 3.63) is 56.5 Å². The molecule has 0 aliphatic heterocycles. The second-order valence-electron chi connectivity index (χ2n) is 5.60. The number of benzene rings is 2. The quantitative estimate of drug-likeness (QED) is 0.438. The fraction of sp³-hybridized carbons (Fsp3) is 0.167. The number of nitrogens with one attached hydrogen (secondary N) is 2. The molecule has 0 spiro atoms. The van der Waals surface area contributed by atoms with Crippen molar-refractivity contribution >= 4 is 69.6 Å². The van der Waals surface area contributed by atoms with Crippen molar-refractivity contribution in [1.29, 1.82) is 0 Å². The molecule has 2 rings (SSSR count). The Balaban J connectivity index is 1.79. The Bertz CT molecular complexity index is 919. The van der Waals surface area contributed by atoms with Crippen LogP contribution in [0.1, 0.15) is 13.3 Å². The molecule has 2 amide bonds. The van der Waals surface area contributed by atoms with E-state index in [0.717, 1.165) is 0 Å². The Labute approximate surface area is 181 Å². The molecule has 0 unspecified atom stereocenters. The Kier molecular flexibility index (Phi) is 8.38. The van der Waals surface area contributed by atoms with Crippen LogP contribution >= 0.6 is 46.4 Å². The van der Waals surface area contributed by atoms with Gasteiger partial charge in [0.2, 0.25) is 5.91 Å². The van der Waals surface area contributed by atoms with Crippen LogP contribution in [0.2, 0.25) is 20.1 Å². The Hall–Kier alpha value is -1.99. The summed E-state index contributed by atoms with van der Waals surface area (Å²) in [6.07, 6.45) is -0.0234. The first-order valence-electron chi connectivity index (χ1n) is 7.89. The van der Waals surface area contributed by atoms with E-state index in [2.05, 4.69) is 15.8 Å². The van der Waals surface area contributed by atoms with Crippen LogP contribution in [0.3, 0.4) is 0 Å². The maximum absolute atomic E-state index is 12.0. The molecule has 0 saturated heterocycles. The second-order valence-corrected chi connectivity index (χ2v) is 7.26. The monoisotopic (exact) mass is 461 g/mol. The van der Waals surface area contributed by atoms with Gasteiger partial charge in [0.1, 0.15) is 5.75 Å². The molecule has 0 bridgehead atoms. The van der Waals surface area contributed by atoms with E-state index in [-0.39, 0.29) is 18.9 Å². The molecular formula is C18H15Cl4N3O3. The molecule has 148 valence electrons. The van der Waals surface area contributed by atoms with Crippen molar-refractivity contribution in [2.75, 3.05) is 11.9 Å². The molecule has 2 aromatic rings. The minimum atomic E-state index is -0.504. The summed E-state index contributed by atoms with van der Waals surface area (Å²) in [5, 5.41) is 7.99. The van der Waals surface area contributed by atoms with E-state index in [1.54, 1.807) is 31.2 Å². The van der Waals surface area contributed by atoms with Gasteiger partial charge in [-0.15, -0.1) is 0 Å².